The molecule has 2 aromatic carbocycles. The number of hydrogen-bond donors (Lipinski definition) is 2. The van der Waals surface area contributed by atoms with Crippen LogP contribution >= 0.6 is 0 Å². The summed E-state index contributed by atoms with van der Waals surface area (Å²) < 4.78 is 0. The molecular formula is C28H30N2O2. The van der Waals surface area contributed by atoms with Gasteiger partial charge in [-0.2, -0.15) is 0 Å². The summed E-state index contributed by atoms with van der Waals surface area (Å²) in [5, 5.41) is 22.6. The van der Waals surface area contributed by atoms with Crippen molar-refractivity contribution in [3.05, 3.63) is 69.2 Å². The number of aliphatic hydroxyl groups is 2. The summed E-state index contributed by atoms with van der Waals surface area (Å²) in [4.78, 5) is 5.03. The maximum absolute atomic E-state index is 11.3. The highest BCUT2D eigenvalue weighted by Crippen LogP contribution is 2.51. The Hall–Kier alpha value is -2.88. The van der Waals surface area contributed by atoms with Gasteiger partial charge in [-0.15, -0.1) is 0 Å². The molecule has 0 spiro atoms. The molecule has 164 valence electrons. The van der Waals surface area contributed by atoms with E-state index in [0.717, 1.165) is 75.8 Å². The molecule has 4 heteroatoms. The van der Waals surface area contributed by atoms with E-state index in [-0.39, 0.29) is 11.5 Å². The predicted molar refractivity (Wildman–Crippen MR) is 130 cm³/mol. The fourth-order valence-corrected chi connectivity index (χ4v) is 6.94. The first-order valence-corrected chi connectivity index (χ1v) is 12.4. The third kappa shape index (κ3) is 2.44. The zero-order valence-corrected chi connectivity index (χ0v) is 18.6. The smallest absolute Gasteiger partial charge is 0.138 e. The summed E-state index contributed by atoms with van der Waals surface area (Å²) in [6.07, 6.45) is 9.01. The molecule has 7 rings (SSSR count). The fourth-order valence-electron chi connectivity index (χ4n) is 6.94. The summed E-state index contributed by atoms with van der Waals surface area (Å²) in [7, 11) is 0. The Morgan fingerprint density at radius 2 is 0.938 bits per heavy atom. The van der Waals surface area contributed by atoms with Gasteiger partial charge in [0.1, 0.15) is 11.5 Å². The number of aryl methyl sites for hydroxylation is 2. The third-order valence-electron chi connectivity index (χ3n) is 8.31. The van der Waals surface area contributed by atoms with E-state index in [1.54, 1.807) is 0 Å². The molecule has 32 heavy (non-hydrogen) atoms. The summed E-state index contributed by atoms with van der Waals surface area (Å²) in [5.74, 6) is 0.548. The largest absolute Gasteiger partial charge is 0.506 e. The molecule has 0 unspecified atom stereocenters. The van der Waals surface area contributed by atoms with Crippen LogP contribution in [0.15, 0.2) is 35.8 Å². The maximum Gasteiger partial charge on any atom is 0.138 e. The van der Waals surface area contributed by atoms with E-state index in [9.17, 15) is 10.2 Å². The molecule has 0 saturated heterocycles. The Kier molecular flexibility index (Phi) is 3.97. The van der Waals surface area contributed by atoms with Gasteiger partial charge < -0.3 is 20.0 Å². The van der Waals surface area contributed by atoms with Crippen LogP contribution in [0.2, 0.25) is 0 Å². The molecule has 2 aromatic rings. The topological polar surface area (TPSA) is 46.9 Å². The zero-order chi connectivity index (χ0) is 21.4. The Morgan fingerprint density at radius 3 is 1.38 bits per heavy atom. The van der Waals surface area contributed by atoms with Crippen molar-refractivity contribution < 1.29 is 10.2 Å². The molecule has 2 N–H and O–H groups in total. The van der Waals surface area contributed by atoms with Crippen LogP contribution in [0.1, 0.15) is 59.1 Å². The lowest BCUT2D eigenvalue weighted by atomic mass is 9.77. The SMILES string of the molecule is OC1=C(c2ccc3c4c2CCCN4CCC3)C(O)=C1c1ccc2c3c1CCCN3CCC2. The first kappa shape index (κ1) is 18.7. The van der Waals surface area contributed by atoms with Gasteiger partial charge in [0.05, 0.1) is 11.1 Å². The first-order valence-electron chi connectivity index (χ1n) is 12.4. The van der Waals surface area contributed by atoms with Crippen molar-refractivity contribution >= 4 is 22.5 Å². The van der Waals surface area contributed by atoms with E-state index < -0.39 is 0 Å². The monoisotopic (exact) mass is 426 g/mol. The van der Waals surface area contributed by atoms with Crippen LogP contribution in [-0.4, -0.2) is 36.4 Å². The summed E-state index contributed by atoms with van der Waals surface area (Å²) in [5.41, 5.74) is 11.6. The number of hydrogen-bond acceptors (Lipinski definition) is 4. The molecule has 0 radical (unpaired) electrons. The molecule has 4 heterocycles. The number of anilines is 2. The molecule has 0 amide bonds. The minimum atomic E-state index is 0.274. The number of aliphatic hydroxyl groups excluding tert-OH is 2. The van der Waals surface area contributed by atoms with Gasteiger partial charge in [0.15, 0.2) is 0 Å². The molecule has 1 aliphatic carbocycles. The lowest BCUT2D eigenvalue weighted by Crippen LogP contribution is -2.35. The lowest BCUT2D eigenvalue weighted by molar-refractivity contribution is 0.389. The van der Waals surface area contributed by atoms with Crippen LogP contribution < -0.4 is 9.80 Å². The van der Waals surface area contributed by atoms with Crippen LogP contribution in [0.3, 0.4) is 0 Å². The second-order valence-electron chi connectivity index (χ2n) is 10.0. The van der Waals surface area contributed by atoms with Gasteiger partial charge in [-0.3, -0.25) is 0 Å². The van der Waals surface area contributed by atoms with E-state index >= 15 is 0 Å². The van der Waals surface area contributed by atoms with Gasteiger partial charge in [-0.1, -0.05) is 24.3 Å². The normalized spacial score (nSPS) is 21.4. The molecule has 0 atom stereocenters. The average molecular weight is 427 g/mol. The molecule has 0 aromatic heterocycles. The second kappa shape index (κ2) is 6.81. The van der Waals surface area contributed by atoms with Crippen molar-refractivity contribution in [3.8, 4) is 0 Å². The number of nitrogens with zero attached hydrogens (tertiary/aromatic N) is 2. The summed E-state index contributed by atoms with van der Waals surface area (Å²) in [6, 6.07) is 8.72. The van der Waals surface area contributed by atoms with Gasteiger partial charge in [-0.05, 0) is 84.7 Å². The van der Waals surface area contributed by atoms with E-state index in [4.69, 9.17) is 0 Å². The van der Waals surface area contributed by atoms with Gasteiger partial charge in [-0.25, -0.2) is 0 Å². The summed E-state index contributed by atoms with van der Waals surface area (Å²) in [6.45, 7) is 4.49. The highest BCUT2D eigenvalue weighted by molar-refractivity contribution is 6.08. The van der Waals surface area contributed by atoms with E-state index in [0.29, 0.717) is 11.1 Å². The van der Waals surface area contributed by atoms with Crippen LogP contribution in [0.4, 0.5) is 11.4 Å². The zero-order valence-electron chi connectivity index (χ0n) is 18.6. The number of allylic oxidation sites excluding steroid dienone is 2. The Bertz CT molecular complexity index is 1110. The predicted octanol–water partition coefficient (Wildman–Crippen LogP) is 5.34. The molecule has 0 saturated carbocycles. The van der Waals surface area contributed by atoms with Crippen LogP contribution in [-0.2, 0) is 25.7 Å². The van der Waals surface area contributed by atoms with Crippen molar-refractivity contribution in [1.29, 1.82) is 0 Å². The number of benzene rings is 2. The van der Waals surface area contributed by atoms with Gasteiger partial charge in [0.2, 0.25) is 0 Å². The van der Waals surface area contributed by atoms with Crippen LogP contribution in [0, 0.1) is 0 Å². The first-order chi connectivity index (χ1) is 15.7. The standard InChI is InChI=1S/C28H30N2O2/c31-27-23(19-11-9-17-5-1-13-29-15-3-7-21(19)25(17)29)28(32)24(27)20-12-10-18-6-2-14-30-16-4-8-22(20)26(18)30/h9-12,31-32H,1-8,13-16H2. The molecule has 4 aliphatic heterocycles. The van der Waals surface area contributed by atoms with Crippen LogP contribution in [0.5, 0.6) is 0 Å². The van der Waals surface area contributed by atoms with Crippen molar-refractivity contribution in [2.75, 3.05) is 36.0 Å². The van der Waals surface area contributed by atoms with Gasteiger partial charge >= 0.3 is 0 Å². The minimum absolute atomic E-state index is 0.274. The Labute approximate surface area is 189 Å². The average Bonchev–Trinajstić information content (AvgIpc) is 2.83. The highest BCUT2D eigenvalue weighted by atomic mass is 16.3. The Balaban J connectivity index is 1.34. The highest BCUT2D eigenvalue weighted by Gasteiger charge is 2.37. The number of rotatable bonds is 2. The Morgan fingerprint density at radius 1 is 0.531 bits per heavy atom. The quantitative estimate of drug-likeness (QED) is 0.681. The molecule has 0 fully saturated rings. The van der Waals surface area contributed by atoms with E-state index in [2.05, 4.69) is 34.1 Å². The van der Waals surface area contributed by atoms with Crippen molar-refractivity contribution in [1.82, 2.24) is 0 Å². The molecule has 4 nitrogen and oxygen atoms in total. The lowest BCUT2D eigenvalue weighted by Gasteiger charge is -2.39. The van der Waals surface area contributed by atoms with E-state index in [1.165, 1.54) is 46.5 Å². The molecule has 0 bridgehead atoms. The second-order valence-corrected chi connectivity index (χ2v) is 10.0. The molecule has 5 aliphatic rings. The molecular weight excluding hydrogens is 396 g/mol. The summed E-state index contributed by atoms with van der Waals surface area (Å²) >= 11 is 0. The van der Waals surface area contributed by atoms with Crippen molar-refractivity contribution in [3.63, 3.8) is 0 Å². The van der Waals surface area contributed by atoms with Crippen molar-refractivity contribution in [2.45, 2.75) is 51.4 Å². The maximum atomic E-state index is 11.3. The minimum Gasteiger partial charge on any atom is -0.506 e. The van der Waals surface area contributed by atoms with Crippen molar-refractivity contribution in [2.24, 2.45) is 0 Å². The van der Waals surface area contributed by atoms with Gasteiger partial charge in [0.25, 0.3) is 0 Å². The third-order valence-corrected chi connectivity index (χ3v) is 8.31. The van der Waals surface area contributed by atoms with Gasteiger partial charge in [0, 0.05) is 37.6 Å². The van der Waals surface area contributed by atoms with Crippen LogP contribution in [0.25, 0.3) is 11.1 Å². The fraction of sp³-hybridized carbons (Fsp3) is 0.429. The van der Waals surface area contributed by atoms with E-state index in [1.807, 2.05) is 0 Å².